The first-order valence-electron chi connectivity index (χ1n) is 10.00. The predicted molar refractivity (Wildman–Crippen MR) is 117 cm³/mol. The first kappa shape index (κ1) is 21.0. The van der Waals surface area contributed by atoms with E-state index >= 15 is 0 Å². The van der Waals surface area contributed by atoms with Gasteiger partial charge in [0.1, 0.15) is 0 Å². The highest BCUT2D eigenvalue weighted by Gasteiger charge is 2.27. The lowest BCUT2D eigenvalue weighted by Crippen LogP contribution is -2.28. The number of ether oxygens (including phenoxy) is 1. The maximum Gasteiger partial charge on any atom is 0.339 e. The number of amides is 1. The van der Waals surface area contributed by atoms with E-state index < -0.39 is 28.5 Å². The van der Waals surface area contributed by atoms with Gasteiger partial charge in [0.05, 0.1) is 10.5 Å². The van der Waals surface area contributed by atoms with Crippen molar-refractivity contribution >= 4 is 38.4 Å². The second kappa shape index (κ2) is 8.87. The van der Waals surface area contributed by atoms with Gasteiger partial charge in [0.25, 0.3) is 5.91 Å². The van der Waals surface area contributed by atoms with Crippen LogP contribution < -0.4 is 5.32 Å². The van der Waals surface area contributed by atoms with Gasteiger partial charge in [-0.1, -0.05) is 42.5 Å². The molecule has 8 heteroatoms. The largest absolute Gasteiger partial charge is 0.452 e. The number of carbonyl (C=O) groups excluding carboxylic acids is 2. The Morgan fingerprint density at radius 3 is 2.45 bits per heavy atom. The summed E-state index contributed by atoms with van der Waals surface area (Å²) >= 11 is 0. The Bertz CT molecular complexity index is 1230. The van der Waals surface area contributed by atoms with Crippen LogP contribution in [-0.2, 0) is 19.6 Å². The van der Waals surface area contributed by atoms with Crippen molar-refractivity contribution in [2.24, 2.45) is 0 Å². The average Bonchev–Trinajstić information content (AvgIpc) is 3.33. The summed E-state index contributed by atoms with van der Waals surface area (Å²) in [5, 5.41) is 4.24. The van der Waals surface area contributed by atoms with Crippen LogP contribution in [0.15, 0.2) is 71.6 Å². The molecule has 1 fully saturated rings. The third-order valence-corrected chi connectivity index (χ3v) is 7.06. The second-order valence-electron chi connectivity index (χ2n) is 7.29. The predicted octanol–water partition coefficient (Wildman–Crippen LogP) is 3.42. The van der Waals surface area contributed by atoms with E-state index in [4.69, 9.17) is 4.74 Å². The fourth-order valence-electron chi connectivity index (χ4n) is 3.62. The van der Waals surface area contributed by atoms with Gasteiger partial charge in [-0.25, -0.2) is 13.2 Å². The summed E-state index contributed by atoms with van der Waals surface area (Å²) in [6, 6.07) is 18.8. The molecule has 160 valence electrons. The van der Waals surface area contributed by atoms with Crippen LogP contribution in [-0.4, -0.2) is 44.3 Å². The molecule has 7 nitrogen and oxygen atoms in total. The van der Waals surface area contributed by atoms with E-state index in [-0.39, 0.29) is 4.90 Å². The minimum atomic E-state index is -3.58. The van der Waals surface area contributed by atoms with Crippen molar-refractivity contribution < 1.29 is 22.7 Å². The molecular formula is C23H22N2O5S. The molecule has 4 rings (SSSR count). The molecule has 0 saturated carbocycles. The lowest BCUT2D eigenvalue weighted by Gasteiger charge is -2.16. The minimum Gasteiger partial charge on any atom is -0.452 e. The molecule has 1 amide bonds. The highest BCUT2D eigenvalue weighted by molar-refractivity contribution is 7.89. The number of hydrogen-bond donors (Lipinski definition) is 1. The molecule has 0 radical (unpaired) electrons. The SMILES string of the molecule is O=C(COC(=O)c1cccc2ccccc12)Nc1cccc(S(=O)(=O)N2CCCC2)c1. The number of carbonyl (C=O) groups is 2. The van der Waals surface area contributed by atoms with Crippen molar-refractivity contribution in [2.75, 3.05) is 25.0 Å². The summed E-state index contributed by atoms with van der Waals surface area (Å²) in [7, 11) is -3.58. The second-order valence-corrected chi connectivity index (χ2v) is 9.23. The quantitative estimate of drug-likeness (QED) is 0.596. The van der Waals surface area contributed by atoms with E-state index in [9.17, 15) is 18.0 Å². The van der Waals surface area contributed by atoms with E-state index in [0.29, 0.717) is 24.3 Å². The van der Waals surface area contributed by atoms with Crippen molar-refractivity contribution in [3.8, 4) is 0 Å². The number of nitrogens with zero attached hydrogens (tertiary/aromatic N) is 1. The molecule has 1 saturated heterocycles. The van der Waals surface area contributed by atoms with Crippen molar-refractivity contribution in [3.05, 3.63) is 72.3 Å². The number of anilines is 1. The van der Waals surface area contributed by atoms with Gasteiger partial charge in [0.15, 0.2) is 6.61 Å². The van der Waals surface area contributed by atoms with Gasteiger partial charge in [-0.15, -0.1) is 0 Å². The summed E-state index contributed by atoms with van der Waals surface area (Å²) in [6.45, 7) is 0.525. The van der Waals surface area contributed by atoms with Crippen LogP contribution in [0.2, 0.25) is 0 Å². The Balaban J connectivity index is 1.40. The highest BCUT2D eigenvalue weighted by Crippen LogP contribution is 2.23. The maximum absolute atomic E-state index is 12.7. The number of rotatable bonds is 6. The van der Waals surface area contributed by atoms with Gasteiger partial charge >= 0.3 is 5.97 Å². The van der Waals surface area contributed by atoms with Crippen LogP contribution in [0.1, 0.15) is 23.2 Å². The summed E-state index contributed by atoms with van der Waals surface area (Å²) in [4.78, 5) is 24.9. The number of sulfonamides is 1. The fraction of sp³-hybridized carbons (Fsp3) is 0.217. The highest BCUT2D eigenvalue weighted by atomic mass is 32.2. The zero-order chi connectivity index (χ0) is 21.8. The average molecular weight is 439 g/mol. The van der Waals surface area contributed by atoms with Gasteiger partial charge < -0.3 is 10.1 Å². The molecule has 0 spiro atoms. The lowest BCUT2D eigenvalue weighted by atomic mass is 10.1. The van der Waals surface area contributed by atoms with Crippen LogP contribution in [0.25, 0.3) is 10.8 Å². The molecule has 0 unspecified atom stereocenters. The van der Waals surface area contributed by atoms with Crippen LogP contribution in [0.5, 0.6) is 0 Å². The molecule has 31 heavy (non-hydrogen) atoms. The van der Waals surface area contributed by atoms with E-state index in [0.717, 1.165) is 23.6 Å². The van der Waals surface area contributed by atoms with E-state index in [1.807, 2.05) is 30.3 Å². The van der Waals surface area contributed by atoms with Gasteiger partial charge in [0.2, 0.25) is 10.0 Å². The van der Waals surface area contributed by atoms with Gasteiger partial charge in [0, 0.05) is 18.8 Å². The monoisotopic (exact) mass is 438 g/mol. The summed E-state index contributed by atoms with van der Waals surface area (Å²) in [5.41, 5.74) is 0.705. The smallest absolute Gasteiger partial charge is 0.339 e. The van der Waals surface area contributed by atoms with E-state index in [1.165, 1.54) is 16.4 Å². The minimum absolute atomic E-state index is 0.125. The Morgan fingerprint density at radius 1 is 0.935 bits per heavy atom. The van der Waals surface area contributed by atoms with Gasteiger partial charge in [-0.2, -0.15) is 4.31 Å². The van der Waals surface area contributed by atoms with Crippen molar-refractivity contribution in [1.29, 1.82) is 0 Å². The van der Waals surface area contributed by atoms with Crippen LogP contribution in [0.3, 0.4) is 0 Å². The normalized spacial score (nSPS) is 14.5. The Hall–Kier alpha value is -3.23. The number of esters is 1. The summed E-state index contributed by atoms with van der Waals surface area (Å²) < 4.78 is 32.0. The first-order valence-corrected chi connectivity index (χ1v) is 11.4. The molecule has 0 aliphatic carbocycles. The van der Waals surface area contributed by atoms with E-state index in [1.54, 1.807) is 24.3 Å². The number of nitrogens with one attached hydrogen (secondary N) is 1. The number of hydrogen-bond acceptors (Lipinski definition) is 5. The van der Waals surface area contributed by atoms with Crippen molar-refractivity contribution in [1.82, 2.24) is 4.31 Å². The van der Waals surface area contributed by atoms with Crippen LogP contribution >= 0.6 is 0 Å². The van der Waals surface area contributed by atoms with Crippen molar-refractivity contribution in [3.63, 3.8) is 0 Å². The Kier molecular flexibility index (Phi) is 6.01. The number of fused-ring (bicyclic) bond motifs is 1. The van der Waals surface area contributed by atoms with Crippen molar-refractivity contribution in [2.45, 2.75) is 17.7 Å². The topological polar surface area (TPSA) is 92.8 Å². The third-order valence-electron chi connectivity index (χ3n) is 5.16. The molecule has 0 atom stereocenters. The zero-order valence-corrected chi connectivity index (χ0v) is 17.6. The standard InChI is InChI=1S/C23H22N2O5S/c26-22(16-30-23(27)21-12-5-8-17-7-1-2-11-20(17)21)24-18-9-6-10-19(15-18)31(28,29)25-13-3-4-14-25/h1-2,5-12,15H,3-4,13-14,16H2,(H,24,26). The molecule has 0 aromatic heterocycles. The van der Waals surface area contributed by atoms with E-state index in [2.05, 4.69) is 5.32 Å². The molecule has 3 aromatic rings. The Labute approximate surface area is 180 Å². The molecule has 1 N–H and O–H groups in total. The van der Waals surface area contributed by atoms with Gasteiger partial charge in [-0.05, 0) is 47.9 Å². The van der Waals surface area contributed by atoms with Gasteiger partial charge in [-0.3, -0.25) is 4.79 Å². The van der Waals surface area contributed by atoms with Crippen LogP contribution in [0.4, 0.5) is 5.69 Å². The molecule has 1 aliphatic heterocycles. The molecule has 1 heterocycles. The fourth-order valence-corrected chi connectivity index (χ4v) is 5.18. The Morgan fingerprint density at radius 2 is 1.65 bits per heavy atom. The molecule has 0 bridgehead atoms. The summed E-state index contributed by atoms with van der Waals surface area (Å²) in [5.74, 6) is -1.15. The number of benzene rings is 3. The molecular weight excluding hydrogens is 416 g/mol. The van der Waals surface area contributed by atoms with Crippen LogP contribution in [0, 0.1) is 0 Å². The molecule has 3 aromatic carbocycles. The third kappa shape index (κ3) is 4.60. The zero-order valence-electron chi connectivity index (χ0n) is 16.8. The maximum atomic E-state index is 12.7. The molecule has 1 aliphatic rings. The first-order chi connectivity index (χ1) is 14.9. The summed E-state index contributed by atoms with van der Waals surface area (Å²) in [6.07, 6.45) is 1.69. The lowest BCUT2D eigenvalue weighted by molar-refractivity contribution is -0.119.